The molecule has 6 heteroatoms. The lowest BCUT2D eigenvalue weighted by atomic mass is 10.1. The number of benzene rings is 2. The highest BCUT2D eigenvalue weighted by Gasteiger charge is 2.07. The average molecular weight is 347 g/mol. The molecule has 1 amide bonds. The smallest absolute Gasteiger partial charge is 0.271 e. The van der Waals surface area contributed by atoms with Gasteiger partial charge in [-0.1, -0.05) is 42.5 Å². The molecule has 0 bridgehead atoms. The Balaban J connectivity index is 1.71. The van der Waals surface area contributed by atoms with E-state index in [1.54, 1.807) is 49.4 Å². The summed E-state index contributed by atoms with van der Waals surface area (Å²) in [6, 6.07) is 18.9. The Labute approximate surface area is 149 Å². The summed E-state index contributed by atoms with van der Waals surface area (Å²) in [6.45, 7) is 1.78. The maximum atomic E-state index is 12.0. The van der Waals surface area contributed by atoms with E-state index in [4.69, 9.17) is 4.42 Å². The maximum Gasteiger partial charge on any atom is 0.271 e. The number of aromatic carboxylic acids is 1. The van der Waals surface area contributed by atoms with Crippen molar-refractivity contribution >= 4 is 17.6 Å². The van der Waals surface area contributed by atoms with Gasteiger partial charge in [-0.25, -0.2) is 5.43 Å². The van der Waals surface area contributed by atoms with Crippen LogP contribution in [0.1, 0.15) is 33.4 Å². The molecule has 3 rings (SSSR count). The van der Waals surface area contributed by atoms with Crippen LogP contribution in [0.2, 0.25) is 0 Å². The van der Waals surface area contributed by atoms with Crippen molar-refractivity contribution in [1.29, 1.82) is 0 Å². The minimum atomic E-state index is -1.36. The summed E-state index contributed by atoms with van der Waals surface area (Å²) in [6.07, 6.45) is 0. The summed E-state index contributed by atoms with van der Waals surface area (Å²) >= 11 is 0. The zero-order valence-electron chi connectivity index (χ0n) is 13.9. The van der Waals surface area contributed by atoms with Gasteiger partial charge >= 0.3 is 0 Å². The van der Waals surface area contributed by atoms with Gasteiger partial charge in [0.05, 0.1) is 5.71 Å². The normalized spacial score (nSPS) is 11.2. The zero-order chi connectivity index (χ0) is 18.5. The standard InChI is InChI=1S/C20H16N2O4/c1-13(21-22-19(23)16-5-3-2-4-6-16)14-7-9-15(10-8-14)17-11-12-18(26-17)20(24)25/h2-12H,1H3,(H,22,23)(H,24,25)/p-1/b21-13-. The number of amides is 1. The number of carboxylic acids is 1. The molecule has 0 atom stereocenters. The fourth-order valence-corrected chi connectivity index (χ4v) is 2.33. The van der Waals surface area contributed by atoms with Gasteiger partial charge in [-0.3, -0.25) is 4.79 Å². The van der Waals surface area contributed by atoms with E-state index in [-0.39, 0.29) is 11.7 Å². The van der Waals surface area contributed by atoms with E-state index in [0.717, 1.165) is 11.1 Å². The number of nitrogens with one attached hydrogen (secondary N) is 1. The minimum absolute atomic E-state index is 0.217. The van der Waals surface area contributed by atoms with Crippen molar-refractivity contribution in [2.45, 2.75) is 6.92 Å². The maximum absolute atomic E-state index is 12.0. The number of carbonyl (C=O) groups is 2. The summed E-state index contributed by atoms with van der Waals surface area (Å²) in [5.74, 6) is -1.43. The third-order valence-electron chi connectivity index (χ3n) is 3.76. The van der Waals surface area contributed by atoms with Crippen molar-refractivity contribution in [3.8, 4) is 11.3 Å². The lowest BCUT2D eigenvalue weighted by Crippen LogP contribution is -2.21. The van der Waals surface area contributed by atoms with Gasteiger partial charge in [0.1, 0.15) is 17.5 Å². The van der Waals surface area contributed by atoms with Crippen LogP contribution in [0.15, 0.2) is 76.2 Å². The number of nitrogens with zero attached hydrogens (tertiary/aromatic N) is 1. The van der Waals surface area contributed by atoms with Crippen LogP contribution in [0.4, 0.5) is 0 Å². The molecule has 1 aromatic heterocycles. The molecule has 2 aromatic carbocycles. The number of rotatable bonds is 5. The molecule has 1 N–H and O–H groups in total. The monoisotopic (exact) mass is 347 g/mol. The van der Waals surface area contributed by atoms with E-state index < -0.39 is 5.97 Å². The molecule has 1 heterocycles. The molecular weight excluding hydrogens is 332 g/mol. The first kappa shape index (κ1) is 17.2. The molecular formula is C20H15N2O4-. The van der Waals surface area contributed by atoms with Crippen molar-refractivity contribution in [3.63, 3.8) is 0 Å². The second kappa shape index (κ2) is 7.48. The second-order valence-corrected chi connectivity index (χ2v) is 5.53. The van der Waals surface area contributed by atoms with E-state index in [1.165, 1.54) is 6.07 Å². The van der Waals surface area contributed by atoms with Gasteiger partial charge in [0, 0.05) is 11.1 Å². The summed E-state index contributed by atoms with van der Waals surface area (Å²) in [5.41, 5.74) is 5.22. The van der Waals surface area contributed by atoms with Crippen LogP contribution in [0.5, 0.6) is 0 Å². The minimum Gasteiger partial charge on any atom is -0.542 e. The van der Waals surface area contributed by atoms with E-state index in [1.807, 2.05) is 18.2 Å². The molecule has 0 spiro atoms. The van der Waals surface area contributed by atoms with Crippen molar-refractivity contribution in [2.24, 2.45) is 5.10 Å². The summed E-state index contributed by atoms with van der Waals surface area (Å²) in [7, 11) is 0. The average Bonchev–Trinajstić information content (AvgIpc) is 3.17. The number of hydrazone groups is 1. The van der Waals surface area contributed by atoms with Gasteiger partial charge in [-0.15, -0.1) is 0 Å². The summed E-state index contributed by atoms with van der Waals surface area (Å²) in [4.78, 5) is 22.8. The number of carboxylic acid groups (broad SMARTS) is 1. The van der Waals surface area contributed by atoms with Gasteiger partial charge in [0.15, 0.2) is 0 Å². The van der Waals surface area contributed by atoms with Crippen LogP contribution in [-0.2, 0) is 0 Å². The van der Waals surface area contributed by atoms with Gasteiger partial charge in [-0.05, 0) is 36.8 Å². The fourth-order valence-electron chi connectivity index (χ4n) is 2.33. The van der Waals surface area contributed by atoms with Crippen molar-refractivity contribution in [2.75, 3.05) is 0 Å². The van der Waals surface area contributed by atoms with Gasteiger partial charge in [-0.2, -0.15) is 5.10 Å². The molecule has 130 valence electrons. The number of carbonyl (C=O) groups excluding carboxylic acids is 2. The van der Waals surface area contributed by atoms with Crippen molar-refractivity contribution in [3.05, 3.63) is 83.6 Å². The first-order chi connectivity index (χ1) is 12.5. The second-order valence-electron chi connectivity index (χ2n) is 5.53. The summed E-state index contributed by atoms with van der Waals surface area (Å²) in [5, 5.41) is 14.9. The van der Waals surface area contributed by atoms with Crippen LogP contribution < -0.4 is 10.5 Å². The van der Waals surface area contributed by atoms with Gasteiger partial charge in [0.25, 0.3) is 5.91 Å². The Morgan fingerprint density at radius 1 is 0.923 bits per heavy atom. The molecule has 0 aliphatic carbocycles. The third kappa shape index (κ3) is 3.87. The van der Waals surface area contributed by atoms with Crippen LogP contribution in [0, 0.1) is 0 Å². The Bertz CT molecular complexity index is 957. The van der Waals surface area contributed by atoms with E-state index in [0.29, 0.717) is 17.0 Å². The van der Waals surface area contributed by atoms with Gasteiger partial charge in [0.2, 0.25) is 0 Å². The lowest BCUT2D eigenvalue weighted by molar-refractivity contribution is -0.257. The first-order valence-corrected chi connectivity index (χ1v) is 7.86. The fraction of sp³-hybridized carbons (Fsp3) is 0.0500. The summed E-state index contributed by atoms with van der Waals surface area (Å²) < 4.78 is 5.21. The Kier molecular flexibility index (Phi) is 4.94. The lowest BCUT2D eigenvalue weighted by Gasteiger charge is -2.04. The highest BCUT2D eigenvalue weighted by atomic mass is 16.4. The van der Waals surface area contributed by atoms with Crippen LogP contribution >= 0.6 is 0 Å². The zero-order valence-corrected chi connectivity index (χ0v) is 13.9. The highest BCUT2D eigenvalue weighted by Crippen LogP contribution is 2.22. The van der Waals surface area contributed by atoms with Gasteiger partial charge < -0.3 is 14.3 Å². The molecule has 0 radical (unpaired) electrons. The Morgan fingerprint density at radius 2 is 1.62 bits per heavy atom. The molecule has 0 saturated heterocycles. The molecule has 0 fully saturated rings. The Morgan fingerprint density at radius 3 is 2.23 bits per heavy atom. The largest absolute Gasteiger partial charge is 0.542 e. The van der Waals surface area contributed by atoms with E-state index in [9.17, 15) is 14.7 Å². The SMILES string of the molecule is C/C(=N/NC(=O)c1ccccc1)c1ccc(-c2ccc(C(=O)[O-])o2)cc1. The predicted octanol–water partition coefficient (Wildman–Crippen LogP) is 2.46. The van der Waals surface area contributed by atoms with Crippen molar-refractivity contribution < 1.29 is 19.1 Å². The van der Waals surface area contributed by atoms with E-state index in [2.05, 4.69) is 10.5 Å². The van der Waals surface area contributed by atoms with Crippen LogP contribution in [-0.4, -0.2) is 17.6 Å². The molecule has 0 aliphatic heterocycles. The number of furan rings is 1. The quantitative estimate of drug-likeness (QED) is 0.566. The first-order valence-electron chi connectivity index (χ1n) is 7.86. The third-order valence-corrected chi connectivity index (χ3v) is 3.76. The van der Waals surface area contributed by atoms with E-state index >= 15 is 0 Å². The molecule has 6 nitrogen and oxygen atoms in total. The predicted molar refractivity (Wildman–Crippen MR) is 94.6 cm³/mol. The van der Waals surface area contributed by atoms with Crippen LogP contribution in [0.3, 0.4) is 0 Å². The Hall–Kier alpha value is -3.67. The molecule has 26 heavy (non-hydrogen) atoms. The molecule has 3 aromatic rings. The molecule has 0 aliphatic rings. The molecule has 0 saturated carbocycles. The topological polar surface area (TPSA) is 94.7 Å². The molecule has 0 unspecified atom stereocenters. The highest BCUT2D eigenvalue weighted by molar-refractivity contribution is 6.01. The number of hydrogen-bond acceptors (Lipinski definition) is 5. The van der Waals surface area contributed by atoms with Crippen LogP contribution in [0.25, 0.3) is 11.3 Å². The van der Waals surface area contributed by atoms with Crippen molar-refractivity contribution in [1.82, 2.24) is 5.43 Å². The number of hydrogen-bond donors (Lipinski definition) is 1.